The first-order valence-electron chi connectivity index (χ1n) is 7.76. The number of nitrogens with one attached hydrogen (secondary N) is 1. The van der Waals surface area contributed by atoms with Crippen LogP contribution in [0.4, 0.5) is 0 Å². The third-order valence-corrected chi connectivity index (χ3v) is 5.32. The van der Waals surface area contributed by atoms with Gasteiger partial charge in [0.1, 0.15) is 0 Å². The average molecular weight is 300 g/mol. The maximum atomic E-state index is 3.46. The molecule has 112 valence electrons. The van der Waals surface area contributed by atoms with Crippen LogP contribution in [0.25, 0.3) is 0 Å². The maximum Gasteiger partial charge on any atom is 0.0233 e. The molecule has 0 aliphatic carbocycles. The normalized spacial score (nSPS) is 16.0. The van der Waals surface area contributed by atoms with Crippen molar-refractivity contribution in [1.29, 1.82) is 0 Å². The van der Waals surface area contributed by atoms with E-state index in [1.165, 1.54) is 28.0 Å². The minimum Gasteiger partial charge on any atom is -0.312 e. The molecule has 0 radical (unpaired) electrons. The molecule has 21 heavy (non-hydrogen) atoms. The molecule has 3 heteroatoms. The molecular formula is C18H24N2S. The number of benzene rings is 1. The highest BCUT2D eigenvalue weighted by molar-refractivity contribution is 7.09. The van der Waals surface area contributed by atoms with E-state index < -0.39 is 0 Å². The SMILES string of the molecule is CC(Cc1cccs1)N(C)Cc1ccc2c(c1)CNCC2. The standard InChI is InChI=1S/C18H24N2S/c1-14(10-18-4-3-9-21-18)20(2)13-15-5-6-16-7-8-19-12-17(16)11-15/h3-6,9,11,14,19H,7-8,10,12-13H2,1-2H3. The van der Waals surface area contributed by atoms with Crippen LogP contribution in [0.3, 0.4) is 0 Å². The highest BCUT2D eigenvalue weighted by Gasteiger charge is 2.13. The highest BCUT2D eigenvalue weighted by Crippen LogP contribution is 2.19. The predicted molar refractivity (Wildman–Crippen MR) is 90.8 cm³/mol. The third-order valence-electron chi connectivity index (χ3n) is 4.42. The first-order valence-corrected chi connectivity index (χ1v) is 8.64. The van der Waals surface area contributed by atoms with Crippen LogP contribution in [0, 0.1) is 0 Å². The van der Waals surface area contributed by atoms with Gasteiger partial charge in [-0.2, -0.15) is 0 Å². The number of fused-ring (bicyclic) bond motifs is 1. The Hall–Kier alpha value is -1.16. The molecule has 1 aliphatic rings. The molecule has 0 saturated carbocycles. The maximum absolute atomic E-state index is 3.46. The Morgan fingerprint density at radius 3 is 3.00 bits per heavy atom. The van der Waals surface area contributed by atoms with Gasteiger partial charge in [0.2, 0.25) is 0 Å². The molecule has 1 aromatic heterocycles. The molecular weight excluding hydrogens is 276 g/mol. The number of likely N-dealkylation sites (N-methyl/N-ethyl adjacent to an activating group) is 1. The van der Waals surface area contributed by atoms with Crippen molar-refractivity contribution in [3.8, 4) is 0 Å². The average Bonchev–Trinajstić information content (AvgIpc) is 3.00. The van der Waals surface area contributed by atoms with Gasteiger partial charge in [-0.3, -0.25) is 4.90 Å². The molecule has 1 N–H and O–H groups in total. The molecule has 0 bridgehead atoms. The van der Waals surface area contributed by atoms with Crippen LogP contribution in [0.15, 0.2) is 35.7 Å². The quantitative estimate of drug-likeness (QED) is 0.910. The smallest absolute Gasteiger partial charge is 0.0233 e. The first-order chi connectivity index (χ1) is 10.2. The molecule has 1 unspecified atom stereocenters. The molecule has 1 atom stereocenters. The van der Waals surface area contributed by atoms with Crippen molar-refractivity contribution < 1.29 is 0 Å². The van der Waals surface area contributed by atoms with E-state index in [9.17, 15) is 0 Å². The van der Waals surface area contributed by atoms with Gasteiger partial charge in [0.25, 0.3) is 0 Å². The zero-order valence-corrected chi connectivity index (χ0v) is 13.7. The lowest BCUT2D eigenvalue weighted by molar-refractivity contribution is 0.249. The summed E-state index contributed by atoms with van der Waals surface area (Å²) < 4.78 is 0. The summed E-state index contributed by atoms with van der Waals surface area (Å²) in [5.74, 6) is 0. The van der Waals surface area contributed by atoms with Gasteiger partial charge in [0.15, 0.2) is 0 Å². The van der Waals surface area contributed by atoms with Crippen molar-refractivity contribution in [3.05, 3.63) is 57.3 Å². The first kappa shape index (κ1) is 14.8. The van der Waals surface area contributed by atoms with Crippen LogP contribution < -0.4 is 5.32 Å². The largest absolute Gasteiger partial charge is 0.312 e. The summed E-state index contributed by atoms with van der Waals surface area (Å²) in [5.41, 5.74) is 4.43. The topological polar surface area (TPSA) is 15.3 Å². The van der Waals surface area contributed by atoms with E-state index in [0.29, 0.717) is 6.04 Å². The van der Waals surface area contributed by atoms with E-state index in [1.54, 1.807) is 0 Å². The minimum atomic E-state index is 0.567. The van der Waals surface area contributed by atoms with Crippen LogP contribution in [0.2, 0.25) is 0 Å². The van der Waals surface area contributed by atoms with Gasteiger partial charge in [-0.05, 0) is 61.5 Å². The van der Waals surface area contributed by atoms with E-state index in [4.69, 9.17) is 0 Å². The summed E-state index contributed by atoms with van der Waals surface area (Å²) in [6.45, 7) is 5.49. The van der Waals surface area contributed by atoms with E-state index in [1.807, 2.05) is 11.3 Å². The third kappa shape index (κ3) is 3.73. The number of hydrogen-bond acceptors (Lipinski definition) is 3. The lowest BCUT2D eigenvalue weighted by Crippen LogP contribution is -2.30. The second kappa shape index (κ2) is 6.73. The predicted octanol–water partition coefficient (Wildman–Crippen LogP) is 3.46. The summed E-state index contributed by atoms with van der Waals surface area (Å²) in [7, 11) is 2.23. The fourth-order valence-electron chi connectivity index (χ4n) is 2.95. The van der Waals surface area contributed by atoms with E-state index in [2.05, 4.69) is 59.9 Å². The number of hydrogen-bond donors (Lipinski definition) is 1. The Morgan fingerprint density at radius 1 is 1.29 bits per heavy atom. The molecule has 0 spiro atoms. The molecule has 2 heterocycles. The second-order valence-corrected chi connectivity index (χ2v) is 7.11. The van der Waals surface area contributed by atoms with E-state index in [-0.39, 0.29) is 0 Å². The Balaban J connectivity index is 1.62. The van der Waals surface area contributed by atoms with Crippen LogP contribution in [-0.4, -0.2) is 24.5 Å². The molecule has 2 nitrogen and oxygen atoms in total. The Morgan fingerprint density at radius 2 is 2.19 bits per heavy atom. The Bertz CT molecular complexity index is 577. The molecule has 0 fully saturated rings. The van der Waals surface area contributed by atoms with Gasteiger partial charge in [-0.25, -0.2) is 0 Å². The summed E-state index contributed by atoms with van der Waals surface area (Å²) >= 11 is 1.86. The van der Waals surface area contributed by atoms with Gasteiger partial charge < -0.3 is 5.32 Å². The lowest BCUT2D eigenvalue weighted by atomic mass is 9.98. The van der Waals surface area contributed by atoms with Crippen LogP contribution in [0.5, 0.6) is 0 Å². The molecule has 3 rings (SSSR count). The molecule has 0 amide bonds. The van der Waals surface area contributed by atoms with E-state index in [0.717, 1.165) is 26.1 Å². The number of rotatable bonds is 5. The molecule has 1 aliphatic heterocycles. The fourth-order valence-corrected chi connectivity index (χ4v) is 3.78. The van der Waals surface area contributed by atoms with Crippen molar-refractivity contribution in [2.75, 3.05) is 13.6 Å². The van der Waals surface area contributed by atoms with Crippen LogP contribution >= 0.6 is 11.3 Å². The summed E-state index contributed by atoms with van der Waals surface area (Å²) in [5, 5.41) is 5.63. The summed E-state index contributed by atoms with van der Waals surface area (Å²) in [6, 6.07) is 12.0. The van der Waals surface area contributed by atoms with Crippen molar-refractivity contribution in [2.24, 2.45) is 0 Å². The summed E-state index contributed by atoms with van der Waals surface area (Å²) in [4.78, 5) is 3.93. The second-order valence-electron chi connectivity index (χ2n) is 6.08. The highest BCUT2D eigenvalue weighted by atomic mass is 32.1. The van der Waals surface area contributed by atoms with Gasteiger partial charge >= 0.3 is 0 Å². The van der Waals surface area contributed by atoms with Gasteiger partial charge in [-0.1, -0.05) is 24.3 Å². The fraction of sp³-hybridized carbons (Fsp3) is 0.444. The van der Waals surface area contributed by atoms with Crippen molar-refractivity contribution in [3.63, 3.8) is 0 Å². The molecule has 0 saturated heterocycles. The number of nitrogens with zero attached hydrogens (tertiary/aromatic N) is 1. The Labute approximate surface area is 131 Å². The van der Waals surface area contributed by atoms with Crippen molar-refractivity contribution in [1.82, 2.24) is 10.2 Å². The van der Waals surface area contributed by atoms with Crippen molar-refractivity contribution >= 4 is 11.3 Å². The molecule has 2 aromatic rings. The van der Waals surface area contributed by atoms with Crippen molar-refractivity contribution in [2.45, 2.75) is 38.9 Å². The summed E-state index contributed by atoms with van der Waals surface area (Å²) in [6.07, 6.45) is 2.31. The molecule has 1 aromatic carbocycles. The zero-order valence-electron chi connectivity index (χ0n) is 12.9. The zero-order chi connectivity index (χ0) is 14.7. The monoisotopic (exact) mass is 300 g/mol. The van der Waals surface area contributed by atoms with Crippen LogP contribution in [-0.2, 0) is 25.9 Å². The minimum absolute atomic E-state index is 0.567. The lowest BCUT2D eigenvalue weighted by Gasteiger charge is -2.25. The van der Waals surface area contributed by atoms with Crippen LogP contribution in [0.1, 0.15) is 28.5 Å². The Kier molecular flexibility index (Phi) is 4.73. The van der Waals surface area contributed by atoms with E-state index >= 15 is 0 Å². The number of thiophene rings is 1. The van der Waals surface area contributed by atoms with Gasteiger partial charge in [0.05, 0.1) is 0 Å². The van der Waals surface area contributed by atoms with Gasteiger partial charge in [0, 0.05) is 24.0 Å². The van der Waals surface area contributed by atoms with Gasteiger partial charge in [-0.15, -0.1) is 11.3 Å².